The van der Waals surface area contributed by atoms with Gasteiger partial charge in [-0.25, -0.2) is 0 Å². The molecule has 12 heavy (non-hydrogen) atoms. The SMILES string of the molecule is C=C(I)/C=C\C(=C\C(C)C)NN. The van der Waals surface area contributed by atoms with Crippen LogP contribution >= 0.6 is 22.6 Å². The Hall–Kier alpha value is -0.290. The summed E-state index contributed by atoms with van der Waals surface area (Å²) >= 11 is 2.15. The van der Waals surface area contributed by atoms with Crippen molar-refractivity contribution >= 4 is 22.6 Å². The summed E-state index contributed by atoms with van der Waals surface area (Å²) in [6, 6.07) is 0. The van der Waals surface area contributed by atoms with Crippen LogP contribution in [0, 0.1) is 5.92 Å². The number of nitrogens with two attached hydrogens (primary N) is 1. The first-order valence-electron chi connectivity index (χ1n) is 3.77. The van der Waals surface area contributed by atoms with E-state index in [0.29, 0.717) is 5.92 Å². The fourth-order valence-corrected chi connectivity index (χ4v) is 0.871. The quantitative estimate of drug-likeness (QED) is 0.359. The second-order valence-electron chi connectivity index (χ2n) is 2.79. The van der Waals surface area contributed by atoms with Gasteiger partial charge in [0.25, 0.3) is 0 Å². The molecule has 0 aromatic rings. The van der Waals surface area contributed by atoms with Crippen LogP contribution in [0.3, 0.4) is 0 Å². The van der Waals surface area contributed by atoms with Crippen molar-refractivity contribution in [3.63, 3.8) is 0 Å². The number of halogens is 1. The summed E-state index contributed by atoms with van der Waals surface area (Å²) in [5.74, 6) is 5.79. The Balaban J connectivity index is 4.27. The molecule has 68 valence electrons. The first-order valence-corrected chi connectivity index (χ1v) is 4.85. The van der Waals surface area contributed by atoms with E-state index >= 15 is 0 Å². The molecule has 0 aliphatic carbocycles. The van der Waals surface area contributed by atoms with E-state index in [0.717, 1.165) is 9.28 Å². The lowest BCUT2D eigenvalue weighted by atomic mass is 10.2. The normalized spacial score (nSPS) is 12.6. The second-order valence-corrected chi connectivity index (χ2v) is 4.18. The summed E-state index contributed by atoms with van der Waals surface area (Å²) in [6.07, 6.45) is 5.87. The summed E-state index contributed by atoms with van der Waals surface area (Å²) in [5, 5.41) is 0. The lowest BCUT2D eigenvalue weighted by Crippen LogP contribution is -2.20. The van der Waals surface area contributed by atoms with Gasteiger partial charge in [-0.05, 0) is 40.7 Å². The molecular weight excluding hydrogens is 263 g/mol. The van der Waals surface area contributed by atoms with Gasteiger partial charge in [0.15, 0.2) is 0 Å². The predicted octanol–water partition coefficient (Wildman–Crippen LogP) is 2.49. The molecule has 3 heteroatoms. The van der Waals surface area contributed by atoms with Crippen molar-refractivity contribution in [3.8, 4) is 0 Å². The highest BCUT2D eigenvalue weighted by Crippen LogP contribution is 2.06. The average molecular weight is 278 g/mol. The maximum absolute atomic E-state index is 5.31. The highest BCUT2D eigenvalue weighted by molar-refractivity contribution is 14.1. The van der Waals surface area contributed by atoms with Gasteiger partial charge in [0.2, 0.25) is 0 Å². The molecule has 0 aliphatic rings. The zero-order chi connectivity index (χ0) is 9.56. The second kappa shape index (κ2) is 6.25. The van der Waals surface area contributed by atoms with Crippen LogP contribution in [0.5, 0.6) is 0 Å². The van der Waals surface area contributed by atoms with Gasteiger partial charge in [0, 0.05) is 9.28 Å². The highest BCUT2D eigenvalue weighted by Gasteiger charge is 1.90. The van der Waals surface area contributed by atoms with Gasteiger partial charge in [0.05, 0.1) is 0 Å². The monoisotopic (exact) mass is 278 g/mol. The molecule has 0 aromatic carbocycles. The molecule has 0 heterocycles. The Kier molecular flexibility index (Phi) is 6.10. The summed E-state index contributed by atoms with van der Waals surface area (Å²) < 4.78 is 0.984. The van der Waals surface area contributed by atoms with Gasteiger partial charge < -0.3 is 5.43 Å². The number of rotatable bonds is 4. The molecule has 0 atom stereocenters. The highest BCUT2D eigenvalue weighted by atomic mass is 127. The van der Waals surface area contributed by atoms with E-state index in [4.69, 9.17) is 5.84 Å². The van der Waals surface area contributed by atoms with E-state index in [1.165, 1.54) is 0 Å². The minimum Gasteiger partial charge on any atom is -0.324 e. The van der Waals surface area contributed by atoms with E-state index in [1.54, 1.807) is 0 Å². The Morgan fingerprint density at radius 1 is 1.50 bits per heavy atom. The molecule has 0 saturated heterocycles. The van der Waals surface area contributed by atoms with Crippen molar-refractivity contribution < 1.29 is 0 Å². The van der Waals surface area contributed by atoms with E-state index < -0.39 is 0 Å². The Labute approximate surface area is 87.7 Å². The van der Waals surface area contributed by atoms with Crippen LogP contribution in [0.2, 0.25) is 0 Å². The zero-order valence-electron chi connectivity index (χ0n) is 7.47. The number of hydrogen-bond donors (Lipinski definition) is 2. The van der Waals surface area contributed by atoms with E-state index in [9.17, 15) is 0 Å². The largest absolute Gasteiger partial charge is 0.324 e. The summed E-state index contributed by atoms with van der Waals surface area (Å²) in [6.45, 7) is 7.95. The molecular formula is C9H15IN2. The Morgan fingerprint density at radius 3 is 2.42 bits per heavy atom. The zero-order valence-corrected chi connectivity index (χ0v) is 9.63. The fraction of sp³-hybridized carbons (Fsp3) is 0.333. The standard InChI is InChI=1S/C9H15IN2/c1-7(2)6-9(12-11)5-4-8(3)10/h4-7,12H,3,11H2,1-2H3/b5-4-,9-6-. The van der Waals surface area contributed by atoms with Gasteiger partial charge in [0.1, 0.15) is 0 Å². The number of hydrazine groups is 1. The lowest BCUT2D eigenvalue weighted by molar-refractivity contribution is 0.797. The third kappa shape index (κ3) is 6.42. The maximum Gasteiger partial charge on any atom is 0.0448 e. The third-order valence-corrected chi connectivity index (χ3v) is 1.48. The topological polar surface area (TPSA) is 38.0 Å². The van der Waals surface area contributed by atoms with Crippen LogP contribution < -0.4 is 11.3 Å². The molecule has 0 spiro atoms. The number of allylic oxidation sites excluding steroid dienone is 4. The lowest BCUT2D eigenvalue weighted by Gasteiger charge is -2.02. The minimum absolute atomic E-state index is 0.489. The molecule has 0 aliphatic heterocycles. The van der Waals surface area contributed by atoms with Crippen molar-refractivity contribution in [1.82, 2.24) is 5.43 Å². The first-order chi connectivity index (χ1) is 5.56. The fourth-order valence-electron chi connectivity index (χ4n) is 0.691. The van der Waals surface area contributed by atoms with Crippen molar-refractivity contribution in [1.29, 1.82) is 0 Å². The van der Waals surface area contributed by atoms with Gasteiger partial charge in [-0.2, -0.15) is 0 Å². The predicted molar refractivity (Wildman–Crippen MR) is 62.5 cm³/mol. The molecule has 0 amide bonds. The molecule has 3 N–H and O–H groups in total. The van der Waals surface area contributed by atoms with Crippen molar-refractivity contribution in [2.24, 2.45) is 11.8 Å². The molecule has 2 nitrogen and oxygen atoms in total. The van der Waals surface area contributed by atoms with Crippen molar-refractivity contribution in [2.45, 2.75) is 13.8 Å². The van der Waals surface area contributed by atoms with Gasteiger partial charge in [-0.1, -0.05) is 26.5 Å². The first kappa shape index (κ1) is 11.7. The van der Waals surface area contributed by atoms with Gasteiger partial charge >= 0.3 is 0 Å². The van der Waals surface area contributed by atoms with Crippen molar-refractivity contribution in [3.05, 3.63) is 34.1 Å². The Morgan fingerprint density at radius 2 is 2.08 bits per heavy atom. The molecule has 0 bridgehead atoms. The number of nitrogens with one attached hydrogen (secondary N) is 1. The molecule has 0 aromatic heterocycles. The smallest absolute Gasteiger partial charge is 0.0448 e. The van der Waals surface area contributed by atoms with Crippen molar-refractivity contribution in [2.75, 3.05) is 0 Å². The summed E-state index contributed by atoms with van der Waals surface area (Å²) in [5.41, 5.74) is 3.54. The van der Waals surface area contributed by atoms with Crippen LogP contribution in [-0.2, 0) is 0 Å². The maximum atomic E-state index is 5.31. The van der Waals surface area contributed by atoms with Crippen LogP contribution in [-0.4, -0.2) is 0 Å². The molecule has 0 unspecified atom stereocenters. The summed E-state index contributed by atoms with van der Waals surface area (Å²) in [4.78, 5) is 0. The van der Waals surface area contributed by atoms with Crippen LogP contribution in [0.4, 0.5) is 0 Å². The van der Waals surface area contributed by atoms with Crippen LogP contribution in [0.1, 0.15) is 13.8 Å². The van der Waals surface area contributed by atoms with E-state index in [2.05, 4.69) is 54.5 Å². The van der Waals surface area contributed by atoms with E-state index in [1.807, 2.05) is 12.2 Å². The molecule has 0 rings (SSSR count). The third-order valence-electron chi connectivity index (χ3n) is 1.12. The summed E-state index contributed by atoms with van der Waals surface area (Å²) in [7, 11) is 0. The average Bonchev–Trinajstić information content (AvgIpc) is 1.97. The molecule has 0 radical (unpaired) electrons. The minimum atomic E-state index is 0.489. The number of hydrogen-bond acceptors (Lipinski definition) is 2. The van der Waals surface area contributed by atoms with Crippen LogP contribution in [0.25, 0.3) is 0 Å². The van der Waals surface area contributed by atoms with E-state index in [-0.39, 0.29) is 0 Å². The molecule has 0 fully saturated rings. The molecule has 0 saturated carbocycles. The van der Waals surface area contributed by atoms with Gasteiger partial charge in [-0.15, -0.1) is 0 Å². The Bertz CT molecular complexity index is 205. The van der Waals surface area contributed by atoms with Gasteiger partial charge in [-0.3, -0.25) is 5.84 Å². The van der Waals surface area contributed by atoms with Crippen LogP contribution in [0.15, 0.2) is 34.1 Å².